The van der Waals surface area contributed by atoms with Crippen LogP contribution in [-0.2, 0) is 25.7 Å². The highest BCUT2D eigenvalue weighted by Gasteiger charge is 2.64. The largest absolute Gasteiger partial charge is 0.489 e. The summed E-state index contributed by atoms with van der Waals surface area (Å²) in [5.74, 6) is -1.15. The van der Waals surface area contributed by atoms with Crippen molar-refractivity contribution in [2.45, 2.75) is 111 Å². The van der Waals surface area contributed by atoms with Crippen LogP contribution in [0.3, 0.4) is 0 Å². The zero-order valence-electron chi connectivity index (χ0n) is 38.9. The van der Waals surface area contributed by atoms with Crippen molar-refractivity contribution >= 4 is 52.3 Å². The van der Waals surface area contributed by atoms with Gasteiger partial charge in [-0.1, -0.05) is 84.3 Å². The molecule has 1 aliphatic heterocycles. The molecule has 3 atom stereocenters. The van der Waals surface area contributed by atoms with Crippen molar-refractivity contribution in [2.24, 2.45) is 22.2 Å². The summed E-state index contributed by atoms with van der Waals surface area (Å²) in [5.41, 5.74) is 2.33. The van der Waals surface area contributed by atoms with Crippen molar-refractivity contribution < 1.29 is 33.8 Å². The van der Waals surface area contributed by atoms with Crippen molar-refractivity contribution in [3.63, 3.8) is 0 Å². The van der Waals surface area contributed by atoms with Crippen LogP contribution in [0.25, 0.3) is 10.6 Å². The summed E-state index contributed by atoms with van der Waals surface area (Å²) < 4.78 is 16.1. The minimum absolute atomic E-state index is 0.0258. The smallest absolute Gasteiger partial charge is 0.251 e. The van der Waals surface area contributed by atoms with Gasteiger partial charge in [0.15, 0.2) is 5.78 Å². The number of aromatic nitrogens is 2. The lowest BCUT2D eigenvalue weighted by atomic mass is 9.49. The average molecular weight is 941 g/mol. The van der Waals surface area contributed by atoms with Gasteiger partial charge in [0.2, 0.25) is 11.8 Å². The number of nitrogens with one attached hydrogen (secondary N) is 3. The van der Waals surface area contributed by atoms with Crippen LogP contribution in [0.1, 0.15) is 102 Å². The fraction of sp³-hybridized carbons (Fsp3) is 0.500. The molecule has 2 fully saturated rings. The number of anilines is 1. The van der Waals surface area contributed by atoms with E-state index in [-0.39, 0.29) is 79.0 Å². The first-order valence-corrected chi connectivity index (χ1v) is 23.7. The Kier molecular flexibility index (Phi) is 16.3. The number of nitriles is 1. The molecule has 0 unspecified atom stereocenters. The third kappa shape index (κ3) is 12.1. The van der Waals surface area contributed by atoms with Gasteiger partial charge in [-0.3, -0.25) is 19.2 Å². The van der Waals surface area contributed by atoms with E-state index < -0.39 is 23.5 Å². The summed E-state index contributed by atoms with van der Waals surface area (Å²) in [6.45, 7) is 15.3. The zero-order chi connectivity index (χ0) is 47.8. The number of ether oxygens (including phenoxy) is 2. The van der Waals surface area contributed by atoms with Crippen LogP contribution in [0.4, 0.5) is 5.69 Å². The van der Waals surface area contributed by atoms with E-state index in [0.29, 0.717) is 28.5 Å². The van der Waals surface area contributed by atoms with Crippen LogP contribution in [-0.4, -0.2) is 93.5 Å². The number of rotatable bonds is 20. The second-order valence-corrected chi connectivity index (χ2v) is 20.8. The van der Waals surface area contributed by atoms with Crippen molar-refractivity contribution in [1.29, 1.82) is 5.26 Å². The van der Waals surface area contributed by atoms with E-state index >= 15 is 0 Å². The highest BCUT2D eigenvalue weighted by Crippen LogP contribution is 2.55. The number of β-amino-alcohol motifs (C(OH)–C–C–N with tert-alkyl or cyclic N) is 1. The van der Waals surface area contributed by atoms with Crippen molar-refractivity contribution in [1.82, 2.24) is 24.9 Å². The summed E-state index contributed by atoms with van der Waals surface area (Å²) in [6, 6.07) is 21.1. The summed E-state index contributed by atoms with van der Waals surface area (Å²) in [6.07, 6.45) is 3.06. The fourth-order valence-electron chi connectivity index (χ4n) is 9.40. The molecule has 2 aliphatic rings. The first-order valence-electron chi connectivity index (χ1n) is 22.5. The molecule has 1 aromatic heterocycles. The Morgan fingerprint density at radius 2 is 1.71 bits per heavy atom. The number of likely N-dealkylation sites (tertiary alicyclic amines) is 1. The number of ketones is 1. The van der Waals surface area contributed by atoms with E-state index in [9.17, 15) is 29.5 Å². The Balaban J connectivity index is 0.875. The standard InChI is InChI=1S/C50H62ClN7O7S/c1-48(2,3)39(45(63)58-28-36(59)24-41(58)43(62)54-27-31-11-13-33(14-12-31)44-55-30-56-66-44)23-37(60)29-64-22-10-8-9-21-53-35-18-15-32(16-19-35)42(61)57-46-49(4,5)47(50(46,6)7)65-38-20-17-34(26-52)40(51)25-38/h11-20,25,30,36,39,41,46-47,53,59H,8-10,21-24,27-29H2,1-7H3,(H,54,62)(H,57,61)/t36-,39-,41+,46?,47?/m1/s1. The van der Waals surface area contributed by atoms with E-state index in [1.54, 1.807) is 30.3 Å². The van der Waals surface area contributed by atoms with Gasteiger partial charge in [0, 0.05) is 84.8 Å². The predicted molar refractivity (Wildman–Crippen MR) is 255 cm³/mol. The lowest BCUT2D eigenvalue weighted by molar-refractivity contribution is -0.164. The molecule has 4 N–H and O–H groups in total. The van der Waals surface area contributed by atoms with Crippen LogP contribution >= 0.6 is 23.1 Å². The molecule has 3 amide bonds. The third-order valence-electron chi connectivity index (χ3n) is 12.8. The number of Topliss-reactive ketones (excluding diaryl/α,β-unsaturated/α-hetero) is 1. The molecular weight excluding hydrogens is 878 g/mol. The lowest BCUT2D eigenvalue weighted by Crippen LogP contribution is -2.74. The average Bonchev–Trinajstić information content (AvgIpc) is 3.97. The van der Waals surface area contributed by atoms with Crippen molar-refractivity contribution in [2.75, 3.05) is 31.6 Å². The lowest BCUT2D eigenvalue weighted by Gasteiger charge is -2.63. The van der Waals surface area contributed by atoms with Gasteiger partial charge in [0.25, 0.3) is 5.91 Å². The minimum Gasteiger partial charge on any atom is -0.489 e. The Bertz CT molecular complexity index is 2350. The first kappa shape index (κ1) is 50.0. The Morgan fingerprint density at radius 1 is 1.00 bits per heavy atom. The Morgan fingerprint density at radius 3 is 2.35 bits per heavy atom. The summed E-state index contributed by atoms with van der Waals surface area (Å²) in [7, 11) is 0. The SMILES string of the molecule is CC1(C)C(NC(=O)c2ccc(NCCCCCOCC(=O)C[C@H](C(=O)N3C[C@H](O)C[C@H]3C(=O)NCc3ccc(-c4ncns4)cc3)C(C)(C)C)cc2)C(C)(C)C1Oc1ccc(C#N)c(Cl)c1. The molecule has 1 saturated carbocycles. The number of aliphatic hydroxyl groups excluding tert-OH is 1. The van der Waals surface area contributed by atoms with Gasteiger partial charge in [-0.2, -0.15) is 9.64 Å². The number of hydrogen-bond acceptors (Lipinski definition) is 12. The van der Waals surface area contributed by atoms with E-state index in [0.717, 1.165) is 47.6 Å². The van der Waals surface area contributed by atoms with Gasteiger partial charge in [0.05, 0.1) is 16.7 Å². The molecule has 6 rings (SSSR count). The van der Waals surface area contributed by atoms with Gasteiger partial charge < -0.3 is 35.4 Å². The molecule has 4 aromatic rings. The number of unbranched alkanes of at least 4 members (excludes halogenated alkanes) is 2. The fourth-order valence-corrected chi connectivity index (χ4v) is 10.1. The topological polar surface area (TPSA) is 196 Å². The number of carbonyl (C=O) groups excluding carboxylic acids is 4. The first-order chi connectivity index (χ1) is 31.3. The molecule has 0 spiro atoms. The van der Waals surface area contributed by atoms with E-state index in [4.69, 9.17) is 21.1 Å². The van der Waals surface area contributed by atoms with E-state index in [1.165, 1.54) is 22.8 Å². The molecule has 0 bridgehead atoms. The van der Waals surface area contributed by atoms with Crippen LogP contribution in [0, 0.1) is 33.5 Å². The molecule has 14 nitrogen and oxygen atoms in total. The number of nitrogens with zero attached hydrogens (tertiary/aromatic N) is 4. The summed E-state index contributed by atoms with van der Waals surface area (Å²) >= 11 is 7.54. The minimum atomic E-state index is -0.845. The number of amides is 3. The molecule has 1 aliphatic carbocycles. The van der Waals surface area contributed by atoms with Gasteiger partial charge in [-0.25, -0.2) is 4.98 Å². The van der Waals surface area contributed by atoms with E-state index in [2.05, 4.69) is 59.1 Å². The maximum atomic E-state index is 14.0. The second kappa shape index (κ2) is 21.5. The van der Waals surface area contributed by atoms with Crippen LogP contribution in [0.15, 0.2) is 73.1 Å². The van der Waals surface area contributed by atoms with Crippen LogP contribution in [0.2, 0.25) is 5.02 Å². The molecule has 1 saturated heterocycles. The van der Waals surface area contributed by atoms with Gasteiger partial charge in [0.1, 0.15) is 41.9 Å². The summed E-state index contributed by atoms with van der Waals surface area (Å²) in [5, 5.41) is 30.5. The maximum absolute atomic E-state index is 14.0. The second-order valence-electron chi connectivity index (χ2n) is 19.6. The molecule has 3 aromatic carbocycles. The Hall–Kier alpha value is -5.40. The maximum Gasteiger partial charge on any atom is 0.251 e. The van der Waals surface area contributed by atoms with Gasteiger partial charge in [-0.05, 0) is 78.2 Å². The normalized spacial score (nSPS) is 20.1. The van der Waals surface area contributed by atoms with Crippen molar-refractivity contribution in [3.8, 4) is 22.4 Å². The number of benzene rings is 3. The molecule has 352 valence electrons. The molecular formula is C50H62ClN7O7S. The zero-order valence-corrected chi connectivity index (χ0v) is 40.4. The number of carbonyl (C=O) groups is 4. The summed E-state index contributed by atoms with van der Waals surface area (Å²) in [4.78, 5) is 59.6. The highest BCUT2D eigenvalue weighted by molar-refractivity contribution is 7.09. The van der Waals surface area contributed by atoms with E-state index in [1.807, 2.05) is 57.2 Å². The molecule has 66 heavy (non-hydrogen) atoms. The van der Waals surface area contributed by atoms with Crippen molar-refractivity contribution in [3.05, 3.63) is 94.8 Å². The Labute approximate surface area is 397 Å². The molecule has 16 heteroatoms. The monoisotopic (exact) mass is 939 g/mol. The quantitative estimate of drug-likeness (QED) is 0.0631. The number of aliphatic hydroxyl groups is 1. The van der Waals surface area contributed by atoms with Crippen LogP contribution in [0.5, 0.6) is 5.75 Å². The number of halogens is 1. The predicted octanol–water partition coefficient (Wildman–Crippen LogP) is 7.84. The molecule has 2 heterocycles. The number of hydrogen-bond donors (Lipinski definition) is 4. The third-order valence-corrected chi connectivity index (χ3v) is 13.8. The van der Waals surface area contributed by atoms with Crippen LogP contribution < -0.4 is 20.7 Å². The molecule has 0 radical (unpaired) electrons. The van der Waals surface area contributed by atoms with Gasteiger partial charge >= 0.3 is 0 Å². The van der Waals surface area contributed by atoms with Gasteiger partial charge in [-0.15, -0.1) is 0 Å². The highest BCUT2D eigenvalue weighted by atomic mass is 35.5.